The van der Waals surface area contributed by atoms with Gasteiger partial charge in [0.05, 0.1) is 23.5 Å². The van der Waals surface area contributed by atoms with Crippen molar-refractivity contribution in [3.05, 3.63) is 46.7 Å². The Morgan fingerprint density at radius 1 is 1.53 bits per heavy atom. The fourth-order valence-corrected chi connectivity index (χ4v) is 2.08. The summed E-state index contributed by atoms with van der Waals surface area (Å²) >= 11 is 11.1. The molecule has 1 aromatic carbocycles. The average Bonchev–Trinajstić information content (AvgIpc) is 2.77. The summed E-state index contributed by atoms with van der Waals surface area (Å²) in [5.41, 5.74) is 8.34. The van der Waals surface area contributed by atoms with Gasteiger partial charge in [-0.3, -0.25) is 4.68 Å². The maximum Gasteiger partial charge on any atom is 0.104 e. The van der Waals surface area contributed by atoms with Crippen LogP contribution in [0.15, 0.2) is 30.6 Å². The number of nitrogens with zero attached hydrogens (tertiary/aromatic N) is 2. The molecule has 0 radical (unpaired) electrons. The Bertz CT molecular complexity index is 594. The zero-order valence-electron chi connectivity index (χ0n) is 10.6. The second-order valence-electron chi connectivity index (χ2n) is 4.27. The van der Waals surface area contributed by atoms with E-state index in [2.05, 4.69) is 10.4 Å². The van der Waals surface area contributed by atoms with E-state index in [0.29, 0.717) is 10.0 Å². The lowest BCUT2D eigenvalue weighted by Crippen LogP contribution is -2.12. The Morgan fingerprint density at radius 3 is 2.89 bits per heavy atom. The van der Waals surface area contributed by atoms with E-state index in [1.54, 1.807) is 6.07 Å². The summed E-state index contributed by atoms with van der Waals surface area (Å²) in [5, 5.41) is 8.09. The standard InChI is InChI=1S/C13H15ClN4S/c1-9-7-17-18(8-9)5-4-16-12-3-2-10(13(15)19)6-11(12)14/h2-3,6-8,16H,4-5H2,1H3,(H2,15,19). The highest BCUT2D eigenvalue weighted by Gasteiger charge is 2.03. The third kappa shape index (κ3) is 3.68. The molecule has 4 nitrogen and oxygen atoms in total. The highest BCUT2D eigenvalue weighted by molar-refractivity contribution is 7.80. The third-order valence-electron chi connectivity index (χ3n) is 2.67. The summed E-state index contributed by atoms with van der Waals surface area (Å²) in [6.45, 7) is 3.54. The smallest absolute Gasteiger partial charge is 0.104 e. The number of nitrogens with one attached hydrogen (secondary N) is 1. The molecule has 1 aromatic heterocycles. The van der Waals surface area contributed by atoms with Crippen molar-refractivity contribution >= 4 is 34.5 Å². The molecular weight excluding hydrogens is 280 g/mol. The summed E-state index contributed by atoms with van der Waals surface area (Å²) in [7, 11) is 0. The number of thiocarbonyl (C=S) groups is 1. The topological polar surface area (TPSA) is 55.9 Å². The number of halogens is 1. The quantitative estimate of drug-likeness (QED) is 0.832. The monoisotopic (exact) mass is 294 g/mol. The number of nitrogens with two attached hydrogens (primary N) is 1. The van der Waals surface area contributed by atoms with Gasteiger partial charge < -0.3 is 11.1 Å². The molecule has 100 valence electrons. The number of anilines is 1. The van der Waals surface area contributed by atoms with E-state index in [-0.39, 0.29) is 0 Å². The molecule has 6 heteroatoms. The Labute approximate surface area is 122 Å². The molecule has 2 aromatic rings. The highest BCUT2D eigenvalue weighted by atomic mass is 35.5. The number of hydrogen-bond donors (Lipinski definition) is 2. The van der Waals surface area contributed by atoms with E-state index in [9.17, 15) is 0 Å². The van der Waals surface area contributed by atoms with Crippen molar-refractivity contribution in [3.63, 3.8) is 0 Å². The molecule has 0 aliphatic rings. The van der Waals surface area contributed by atoms with Gasteiger partial charge >= 0.3 is 0 Å². The van der Waals surface area contributed by atoms with E-state index in [1.165, 1.54) is 0 Å². The molecule has 0 aliphatic carbocycles. The lowest BCUT2D eigenvalue weighted by molar-refractivity contribution is 0.637. The molecule has 0 amide bonds. The molecule has 0 atom stereocenters. The summed E-state index contributed by atoms with van der Waals surface area (Å²) in [6, 6.07) is 5.50. The zero-order valence-corrected chi connectivity index (χ0v) is 12.1. The second-order valence-corrected chi connectivity index (χ2v) is 5.11. The maximum atomic E-state index is 6.16. The normalized spacial score (nSPS) is 10.4. The van der Waals surface area contributed by atoms with Gasteiger partial charge in [-0.15, -0.1) is 0 Å². The maximum absolute atomic E-state index is 6.16. The first-order valence-electron chi connectivity index (χ1n) is 5.88. The van der Waals surface area contributed by atoms with E-state index >= 15 is 0 Å². The van der Waals surface area contributed by atoms with Crippen LogP contribution in [0.3, 0.4) is 0 Å². The van der Waals surface area contributed by atoms with Crippen LogP contribution in [0.4, 0.5) is 5.69 Å². The molecule has 19 heavy (non-hydrogen) atoms. The van der Waals surface area contributed by atoms with Crippen molar-refractivity contribution in [2.45, 2.75) is 13.5 Å². The predicted molar refractivity (Wildman–Crippen MR) is 82.8 cm³/mol. The van der Waals surface area contributed by atoms with Crippen LogP contribution in [-0.4, -0.2) is 21.3 Å². The number of aryl methyl sites for hydroxylation is 1. The van der Waals surface area contributed by atoms with E-state index in [0.717, 1.165) is 29.9 Å². The number of hydrogen-bond acceptors (Lipinski definition) is 3. The van der Waals surface area contributed by atoms with Crippen molar-refractivity contribution in [1.29, 1.82) is 0 Å². The van der Waals surface area contributed by atoms with Crippen LogP contribution in [0, 0.1) is 6.92 Å². The highest BCUT2D eigenvalue weighted by Crippen LogP contribution is 2.22. The summed E-state index contributed by atoms with van der Waals surface area (Å²) in [6.07, 6.45) is 3.84. The Kier molecular flexibility index (Phi) is 4.39. The Morgan fingerprint density at radius 2 is 2.32 bits per heavy atom. The molecule has 3 N–H and O–H groups in total. The van der Waals surface area contributed by atoms with Crippen LogP contribution in [0.5, 0.6) is 0 Å². The van der Waals surface area contributed by atoms with E-state index in [4.69, 9.17) is 29.6 Å². The predicted octanol–water partition coefficient (Wildman–Crippen LogP) is 2.59. The lowest BCUT2D eigenvalue weighted by Gasteiger charge is -2.09. The first kappa shape index (κ1) is 13.8. The number of benzene rings is 1. The molecule has 0 saturated heterocycles. The van der Waals surface area contributed by atoms with Crippen molar-refractivity contribution in [2.24, 2.45) is 5.73 Å². The summed E-state index contributed by atoms with van der Waals surface area (Å²) in [5.74, 6) is 0. The third-order valence-corrected chi connectivity index (χ3v) is 3.22. The molecule has 0 saturated carbocycles. The van der Waals surface area contributed by atoms with E-state index < -0.39 is 0 Å². The fraction of sp³-hybridized carbons (Fsp3) is 0.231. The minimum atomic E-state index is 0.348. The van der Waals surface area contributed by atoms with Gasteiger partial charge in [0.1, 0.15) is 4.99 Å². The van der Waals surface area contributed by atoms with Gasteiger partial charge in [0.15, 0.2) is 0 Å². The molecule has 2 rings (SSSR count). The molecule has 0 fully saturated rings. The van der Waals surface area contributed by atoms with Crippen molar-refractivity contribution in [1.82, 2.24) is 9.78 Å². The van der Waals surface area contributed by atoms with Crippen LogP contribution in [0.1, 0.15) is 11.1 Å². The second kappa shape index (κ2) is 6.04. The largest absolute Gasteiger partial charge is 0.389 e. The Hall–Kier alpha value is -1.59. The molecule has 0 aliphatic heterocycles. The van der Waals surface area contributed by atoms with Gasteiger partial charge in [-0.25, -0.2) is 0 Å². The molecule has 1 heterocycles. The average molecular weight is 295 g/mol. The zero-order chi connectivity index (χ0) is 13.8. The molecule has 0 bridgehead atoms. The van der Waals surface area contributed by atoms with Crippen molar-refractivity contribution < 1.29 is 0 Å². The minimum Gasteiger partial charge on any atom is -0.389 e. The van der Waals surface area contributed by atoms with Crippen molar-refractivity contribution in [2.75, 3.05) is 11.9 Å². The SMILES string of the molecule is Cc1cnn(CCNc2ccc(C(N)=S)cc2Cl)c1. The van der Waals surface area contributed by atoms with Crippen LogP contribution in [0.2, 0.25) is 5.02 Å². The van der Waals surface area contributed by atoms with Gasteiger partial charge in [-0.1, -0.05) is 23.8 Å². The Balaban J connectivity index is 1.94. The summed E-state index contributed by atoms with van der Waals surface area (Å²) in [4.78, 5) is 0.348. The van der Waals surface area contributed by atoms with Gasteiger partial charge in [-0.2, -0.15) is 5.10 Å². The van der Waals surface area contributed by atoms with E-state index in [1.807, 2.05) is 36.1 Å². The number of rotatable bonds is 5. The van der Waals surface area contributed by atoms with Gasteiger partial charge in [0.25, 0.3) is 0 Å². The van der Waals surface area contributed by atoms with Crippen LogP contribution in [0.25, 0.3) is 0 Å². The molecule has 0 unspecified atom stereocenters. The van der Waals surface area contributed by atoms with Crippen molar-refractivity contribution in [3.8, 4) is 0 Å². The molecule has 0 spiro atoms. The van der Waals surface area contributed by atoms with Crippen LogP contribution >= 0.6 is 23.8 Å². The number of aromatic nitrogens is 2. The molecular formula is C13H15ClN4S. The van der Waals surface area contributed by atoms with Crippen LogP contribution in [-0.2, 0) is 6.54 Å². The lowest BCUT2D eigenvalue weighted by atomic mass is 10.2. The first-order valence-corrected chi connectivity index (χ1v) is 6.67. The first-order chi connectivity index (χ1) is 9.06. The van der Waals surface area contributed by atoms with Gasteiger partial charge in [0.2, 0.25) is 0 Å². The summed E-state index contributed by atoms with van der Waals surface area (Å²) < 4.78 is 1.89. The fourth-order valence-electron chi connectivity index (χ4n) is 1.71. The van der Waals surface area contributed by atoms with Crippen LogP contribution < -0.4 is 11.1 Å². The van der Waals surface area contributed by atoms with Gasteiger partial charge in [0, 0.05) is 18.3 Å². The minimum absolute atomic E-state index is 0.348. The van der Waals surface area contributed by atoms with Gasteiger partial charge in [-0.05, 0) is 30.7 Å².